The van der Waals surface area contributed by atoms with Gasteiger partial charge >= 0.3 is 0 Å². The number of nitrogens with zero attached hydrogens (tertiary/aromatic N) is 2. The Morgan fingerprint density at radius 1 is 1.63 bits per heavy atom. The molecule has 0 aliphatic heterocycles. The molecule has 5 nitrogen and oxygen atoms in total. The van der Waals surface area contributed by atoms with Gasteiger partial charge in [-0.05, 0) is 43.1 Å². The molecule has 1 heterocycles. The van der Waals surface area contributed by atoms with Crippen molar-refractivity contribution in [2.24, 2.45) is 11.7 Å². The molecule has 1 saturated carbocycles. The molecular weight excluding hydrogens is 280 g/mol. The van der Waals surface area contributed by atoms with E-state index in [4.69, 9.17) is 18.0 Å². The summed E-state index contributed by atoms with van der Waals surface area (Å²) < 4.78 is 3.70. The van der Waals surface area contributed by atoms with Crippen LogP contribution in [0.1, 0.15) is 49.5 Å². The molecule has 0 radical (unpaired) electrons. The number of hydrogen-bond donors (Lipinski definition) is 2. The maximum Gasteiger partial charge on any atom is 0.273 e. The zero-order valence-electron chi connectivity index (χ0n) is 10.9. The monoisotopic (exact) mass is 298 g/mol. The third kappa shape index (κ3) is 3.09. The molecule has 0 spiro atoms. The Morgan fingerprint density at radius 3 is 2.79 bits per heavy atom. The van der Waals surface area contributed by atoms with Crippen LogP contribution in [0.2, 0.25) is 0 Å². The van der Waals surface area contributed by atoms with E-state index < -0.39 is 5.54 Å². The molecule has 0 unspecified atom stereocenters. The predicted octanol–water partition coefficient (Wildman–Crippen LogP) is 1.89. The molecule has 2 rings (SSSR count). The van der Waals surface area contributed by atoms with Crippen LogP contribution in [0.25, 0.3) is 0 Å². The van der Waals surface area contributed by atoms with E-state index in [0.717, 1.165) is 43.6 Å². The van der Waals surface area contributed by atoms with Crippen molar-refractivity contribution in [3.05, 3.63) is 11.1 Å². The number of nitrogens with one attached hydrogen (secondary N) is 1. The van der Waals surface area contributed by atoms with E-state index in [1.807, 2.05) is 0 Å². The standard InChI is InChI=1S/C12H18N4OS2/c1-2-8-3-5-12(6-4-8,11(13)18)14-10(17)9-7-19-16-15-9/h7-8H,2-6H2,1H3,(H2,13,18)(H,14,17). The number of amides is 1. The summed E-state index contributed by atoms with van der Waals surface area (Å²) in [6.45, 7) is 2.19. The fourth-order valence-electron chi connectivity index (χ4n) is 2.56. The van der Waals surface area contributed by atoms with Crippen LogP contribution in [0.4, 0.5) is 0 Å². The summed E-state index contributed by atoms with van der Waals surface area (Å²) in [5, 5.41) is 8.38. The minimum absolute atomic E-state index is 0.239. The van der Waals surface area contributed by atoms with Crippen LogP contribution in [-0.4, -0.2) is 26.0 Å². The predicted molar refractivity (Wildman–Crippen MR) is 79.1 cm³/mol. The average molecular weight is 298 g/mol. The molecule has 0 atom stereocenters. The van der Waals surface area contributed by atoms with Gasteiger partial charge in [-0.3, -0.25) is 4.79 Å². The van der Waals surface area contributed by atoms with E-state index in [2.05, 4.69) is 21.8 Å². The quantitative estimate of drug-likeness (QED) is 0.830. The second-order valence-electron chi connectivity index (χ2n) is 5.04. The highest BCUT2D eigenvalue weighted by Gasteiger charge is 2.39. The normalized spacial score (nSPS) is 26.9. The first kappa shape index (κ1) is 14.3. The number of nitrogens with two attached hydrogens (primary N) is 1. The summed E-state index contributed by atoms with van der Waals surface area (Å²) >= 11 is 6.34. The van der Waals surface area contributed by atoms with E-state index in [1.54, 1.807) is 5.38 Å². The van der Waals surface area contributed by atoms with Gasteiger partial charge in [-0.1, -0.05) is 30.1 Å². The Kier molecular flexibility index (Phi) is 4.46. The summed E-state index contributed by atoms with van der Waals surface area (Å²) in [6.07, 6.45) is 4.87. The Balaban J connectivity index is 2.09. The largest absolute Gasteiger partial charge is 0.391 e. The first-order valence-corrected chi connectivity index (χ1v) is 7.71. The number of aromatic nitrogens is 2. The Labute approximate surface area is 122 Å². The number of thiocarbonyl (C=S) groups is 1. The third-order valence-electron chi connectivity index (χ3n) is 3.95. The molecule has 1 aromatic heterocycles. The van der Waals surface area contributed by atoms with Crippen LogP contribution in [0.3, 0.4) is 0 Å². The summed E-state index contributed by atoms with van der Waals surface area (Å²) in [5.41, 5.74) is 5.65. The highest BCUT2D eigenvalue weighted by atomic mass is 32.1. The summed E-state index contributed by atoms with van der Waals surface area (Å²) in [4.78, 5) is 12.5. The van der Waals surface area contributed by atoms with Crippen LogP contribution in [0.5, 0.6) is 0 Å². The number of rotatable bonds is 4. The van der Waals surface area contributed by atoms with Crippen LogP contribution >= 0.6 is 23.8 Å². The number of carbonyl (C=O) groups is 1. The fourth-order valence-corrected chi connectivity index (χ4v) is 3.25. The maximum atomic E-state index is 12.1. The van der Waals surface area contributed by atoms with Gasteiger partial charge in [0.05, 0.1) is 10.5 Å². The van der Waals surface area contributed by atoms with Gasteiger partial charge in [-0.15, -0.1) is 5.10 Å². The minimum atomic E-state index is -0.554. The molecule has 7 heteroatoms. The van der Waals surface area contributed by atoms with Crippen molar-refractivity contribution in [2.75, 3.05) is 0 Å². The van der Waals surface area contributed by atoms with Gasteiger partial charge in [-0.2, -0.15) is 0 Å². The van der Waals surface area contributed by atoms with Gasteiger partial charge in [-0.25, -0.2) is 0 Å². The van der Waals surface area contributed by atoms with Crippen molar-refractivity contribution < 1.29 is 4.79 Å². The lowest BCUT2D eigenvalue weighted by molar-refractivity contribution is 0.0893. The lowest BCUT2D eigenvalue weighted by Crippen LogP contribution is -2.58. The second kappa shape index (κ2) is 5.92. The molecule has 1 amide bonds. The maximum absolute atomic E-state index is 12.1. The van der Waals surface area contributed by atoms with Crippen molar-refractivity contribution in [1.29, 1.82) is 0 Å². The lowest BCUT2D eigenvalue weighted by Gasteiger charge is -2.39. The smallest absolute Gasteiger partial charge is 0.273 e. The van der Waals surface area contributed by atoms with Gasteiger partial charge in [0.15, 0.2) is 5.69 Å². The first-order valence-electron chi connectivity index (χ1n) is 6.47. The molecule has 1 aliphatic rings. The Hall–Kier alpha value is -1.08. The van der Waals surface area contributed by atoms with Gasteiger partial charge in [0.25, 0.3) is 5.91 Å². The van der Waals surface area contributed by atoms with Crippen LogP contribution in [0, 0.1) is 5.92 Å². The zero-order valence-corrected chi connectivity index (χ0v) is 12.5. The van der Waals surface area contributed by atoms with Crippen molar-refractivity contribution in [3.8, 4) is 0 Å². The van der Waals surface area contributed by atoms with E-state index in [1.165, 1.54) is 0 Å². The minimum Gasteiger partial charge on any atom is -0.391 e. The molecule has 3 N–H and O–H groups in total. The first-order chi connectivity index (χ1) is 9.07. The van der Waals surface area contributed by atoms with E-state index in [0.29, 0.717) is 16.6 Å². The van der Waals surface area contributed by atoms with E-state index >= 15 is 0 Å². The van der Waals surface area contributed by atoms with Crippen molar-refractivity contribution in [3.63, 3.8) is 0 Å². The number of carbonyl (C=O) groups excluding carboxylic acids is 1. The van der Waals surface area contributed by atoms with Gasteiger partial charge in [0.2, 0.25) is 0 Å². The molecule has 0 bridgehead atoms. The molecule has 19 heavy (non-hydrogen) atoms. The van der Waals surface area contributed by atoms with Gasteiger partial charge in [0.1, 0.15) is 0 Å². The molecule has 104 valence electrons. The average Bonchev–Trinajstić information content (AvgIpc) is 2.93. The van der Waals surface area contributed by atoms with Crippen molar-refractivity contribution in [1.82, 2.24) is 14.9 Å². The SMILES string of the molecule is CCC1CCC(NC(=O)c2csnn2)(C(N)=S)CC1. The van der Waals surface area contributed by atoms with Gasteiger partial charge in [0, 0.05) is 5.38 Å². The van der Waals surface area contributed by atoms with Crippen molar-refractivity contribution in [2.45, 2.75) is 44.6 Å². The Morgan fingerprint density at radius 2 is 2.32 bits per heavy atom. The van der Waals surface area contributed by atoms with Crippen LogP contribution < -0.4 is 11.1 Å². The fraction of sp³-hybridized carbons (Fsp3) is 0.667. The zero-order chi connectivity index (χ0) is 13.9. The molecule has 0 saturated heterocycles. The molecule has 0 aromatic carbocycles. The lowest BCUT2D eigenvalue weighted by atomic mass is 9.75. The molecule has 1 aromatic rings. The summed E-state index contributed by atoms with van der Waals surface area (Å²) in [5.74, 6) is 0.469. The van der Waals surface area contributed by atoms with E-state index in [-0.39, 0.29) is 5.91 Å². The topological polar surface area (TPSA) is 80.9 Å². The van der Waals surface area contributed by atoms with Crippen LogP contribution in [-0.2, 0) is 0 Å². The molecule has 1 fully saturated rings. The molecular formula is C12H18N4OS2. The highest BCUT2D eigenvalue weighted by molar-refractivity contribution is 7.80. The summed E-state index contributed by atoms with van der Waals surface area (Å²) in [6, 6.07) is 0. The second-order valence-corrected chi connectivity index (χ2v) is 6.09. The Bertz CT molecular complexity index is 452. The van der Waals surface area contributed by atoms with E-state index in [9.17, 15) is 4.79 Å². The highest BCUT2D eigenvalue weighted by Crippen LogP contribution is 2.34. The third-order valence-corrected chi connectivity index (χ3v) is 4.85. The van der Waals surface area contributed by atoms with Gasteiger partial charge < -0.3 is 11.1 Å². The number of hydrogen-bond acceptors (Lipinski definition) is 5. The summed E-state index contributed by atoms with van der Waals surface area (Å²) in [7, 11) is 0. The van der Waals surface area contributed by atoms with Crippen molar-refractivity contribution >= 4 is 34.6 Å². The molecule has 1 aliphatic carbocycles. The van der Waals surface area contributed by atoms with Crippen LogP contribution in [0.15, 0.2) is 5.38 Å².